The first-order valence-corrected chi connectivity index (χ1v) is 9.24. The van der Waals surface area contributed by atoms with Crippen LogP contribution >= 0.6 is 23.2 Å². The average molecular weight is 389 g/mol. The van der Waals surface area contributed by atoms with Crippen molar-refractivity contribution >= 4 is 34.8 Å². The summed E-state index contributed by atoms with van der Waals surface area (Å²) in [5.41, 5.74) is 1.09. The number of rotatable bonds is 3. The van der Waals surface area contributed by atoms with E-state index in [1.807, 2.05) is 36.5 Å². The van der Waals surface area contributed by atoms with Gasteiger partial charge >= 0.3 is 0 Å². The Morgan fingerprint density at radius 1 is 0.885 bits per heavy atom. The van der Waals surface area contributed by atoms with E-state index in [2.05, 4.69) is 24.9 Å². The molecule has 0 radical (unpaired) electrons. The van der Waals surface area contributed by atoms with Gasteiger partial charge in [-0.1, -0.05) is 23.2 Å². The van der Waals surface area contributed by atoms with Crippen molar-refractivity contribution in [2.45, 2.75) is 6.42 Å². The highest BCUT2D eigenvalue weighted by Gasteiger charge is 2.18. The molecule has 0 N–H and O–H groups in total. The maximum Gasteiger partial charge on any atom is 0.227 e. The van der Waals surface area contributed by atoms with E-state index in [0.717, 1.165) is 50.1 Å². The second-order valence-corrected chi connectivity index (χ2v) is 6.91. The summed E-state index contributed by atoms with van der Waals surface area (Å²) < 4.78 is 1.74. The van der Waals surface area contributed by atoms with Gasteiger partial charge in [-0.2, -0.15) is 10.1 Å². The Balaban J connectivity index is 1.50. The Bertz CT molecular complexity index is 883. The van der Waals surface area contributed by atoms with Crippen molar-refractivity contribution in [1.82, 2.24) is 19.7 Å². The summed E-state index contributed by atoms with van der Waals surface area (Å²) in [4.78, 5) is 13.6. The van der Waals surface area contributed by atoms with Crippen LogP contribution in [0.1, 0.15) is 6.42 Å². The predicted molar refractivity (Wildman–Crippen MR) is 105 cm³/mol. The summed E-state index contributed by atoms with van der Waals surface area (Å²) in [5.74, 6) is 1.50. The Kier molecular flexibility index (Phi) is 4.95. The number of hydrogen-bond acceptors (Lipinski definition) is 5. The number of aromatic nitrogens is 4. The van der Waals surface area contributed by atoms with Crippen LogP contribution in [0.4, 0.5) is 11.6 Å². The van der Waals surface area contributed by atoms with Gasteiger partial charge in [-0.25, -0.2) is 9.67 Å². The van der Waals surface area contributed by atoms with Gasteiger partial charge < -0.3 is 9.80 Å². The maximum atomic E-state index is 6.17. The van der Waals surface area contributed by atoms with E-state index in [1.165, 1.54) is 0 Å². The van der Waals surface area contributed by atoms with E-state index in [4.69, 9.17) is 23.2 Å². The molecule has 8 heteroatoms. The van der Waals surface area contributed by atoms with Crippen LogP contribution in [-0.4, -0.2) is 45.9 Å². The number of benzene rings is 1. The number of anilines is 2. The molecular formula is C18H18Cl2N6. The molecule has 2 aromatic heterocycles. The summed E-state index contributed by atoms with van der Waals surface area (Å²) in [5, 5.41) is 5.40. The summed E-state index contributed by atoms with van der Waals surface area (Å²) in [6.07, 6.45) is 6.40. The van der Waals surface area contributed by atoms with E-state index < -0.39 is 0 Å². The monoisotopic (exact) mass is 388 g/mol. The molecule has 1 aliphatic rings. The van der Waals surface area contributed by atoms with Gasteiger partial charge in [-0.15, -0.1) is 0 Å². The molecule has 4 rings (SSSR count). The zero-order valence-electron chi connectivity index (χ0n) is 14.1. The third-order valence-corrected chi connectivity index (χ3v) is 5.15. The van der Waals surface area contributed by atoms with Crippen LogP contribution in [0.15, 0.2) is 48.9 Å². The van der Waals surface area contributed by atoms with Gasteiger partial charge in [0.05, 0.1) is 10.0 Å². The van der Waals surface area contributed by atoms with Crippen molar-refractivity contribution in [2.75, 3.05) is 36.0 Å². The Morgan fingerprint density at radius 2 is 1.73 bits per heavy atom. The smallest absolute Gasteiger partial charge is 0.227 e. The number of nitrogens with zero attached hydrogens (tertiary/aromatic N) is 6. The predicted octanol–water partition coefficient (Wildman–Crippen LogP) is 3.69. The molecule has 3 heterocycles. The minimum Gasteiger partial charge on any atom is -0.370 e. The largest absolute Gasteiger partial charge is 0.370 e. The van der Waals surface area contributed by atoms with Crippen LogP contribution in [0.2, 0.25) is 10.0 Å². The van der Waals surface area contributed by atoms with Gasteiger partial charge in [0.1, 0.15) is 0 Å². The molecule has 0 spiro atoms. The standard InChI is InChI=1S/C18H18Cl2N6/c19-15-4-3-14(13-16(15)20)24-8-2-9-25(12-11-24)18-21-7-5-17(23-18)26-10-1-6-22-26/h1,3-7,10,13H,2,8-9,11-12H2. The molecule has 0 unspecified atom stereocenters. The van der Waals surface area contributed by atoms with Crippen LogP contribution in [0, 0.1) is 0 Å². The van der Waals surface area contributed by atoms with E-state index in [-0.39, 0.29) is 0 Å². The molecule has 6 nitrogen and oxygen atoms in total. The lowest BCUT2D eigenvalue weighted by molar-refractivity contribution is 0.766. The zero-order valence-corrected chi connectivity index (χ0v) is 15.6. The van der Waals surface area contributed by atoms with Gasteiger partial charge in [0.25, 0.3) is 0 Å². The lowest BCUT2D eigenvalue weighted by Crippen LogP contribution is -2.31. The molecule has 0 bridgehead atoms. The molecular weight excluding hydrogens is 371 g/mol. The molecule has 0 amide bonds. The molecule has 134 valence electrons. The third kappa shape index (κ3) is 3.61. The SMILES string of the molecule is Clc1ccc(N2CCCN(c3nccc(-n4cccn4)n3)CC2)cc1Cl. The zero-order chi connectivity index (χ0) is 17.9. The lowest BCUT2D eigenvalue weighted by atomic mass is 10.2. The minimum atomic E-state index is 0.579. The average Bonchev–Trinajstić information content (AvgIpc) is 3.09. The Morgan fingerprint density at radius 3 is 2.54 bits per heavy atom. The summed E-state index contributed by atoms with van der Waals surface area (Å²) >= 11 is 12.2. The summed E-state index contributed by atoms with van der Waals surface area (Å²) in [6, 6.07) is 9.52. The van der Waals surface area contributed by atoms with Crippen molar-refractivity contribution < 1.29 is 0 Å². The van der Waals surface area contributed by atoms with E-state index in [1.54, 1.807) is 17.1 Å². The van der Waals surface area contributed by atoms with Crippen molar-refractivity contribution in [3.8, 4) is 5.82 Å². The molecule has 0 atom stereocenters. The molecule has 1 aromatic carbocycles. The van der Waals surface area contributed by atoms with Crippen molar-refractivity contribution in [1.29, 1.82) is 0 Å². The van der Waals surface area contributed by atoms with Crippen LogP contribution < -0.4 is 9.80 Å². The molecule has 0 aliphatic carbocycles. The van der Waals surface area contributed by atoms with Gasteiger partial charge in [-0.05, 0) is 30.7 Å². The Labute approximate surface area is 162 Å². The highest BCUT2D eigenvalue weighted by molar-refractivity contribution is 6.42. The molecule has 1 aliphatic heterocycles. The second-order valence-electron chi connectivity index (χ2n) is 6.09. The van der Waals surface area contributed by atoms with Crippen LogP contribution in [-0.2, 0) is 0 Å². The fourth-order valence-corrected chi connectivity index (χ4v) is 3.37. The van der Waals surface area contributed by atoms with Crippen LogP contribution in [0.5, 0.6) is 0 Å². The Hall–Kier alpha value is -2.31. The maximum absolute atomic E-state index is 6.17. The number of hydrogen-bond donors (Lipinski definition) is 0. The van der Waals surface area contributed by atoms with Crippen LogP contribution in [0.25, 0.3) is 5.82 Å². The second kappa shape index (κ2) is 7.51. The molecule has 0 saturated carbocycles. The van der Waals surface area contributed by atoms with Gasteiger partial charge in [0.2, 0.25) is 5.95 Å². The summed E-state index contributed by atoms with van der Waals surface area (Å²) in [6.45, 7) is 3.56. The molecule has 26 heavy (non-hydrogen) atoms. The van der Waals surface area contributed by atoms with Crippen LogP contribution in [0.3, 0.4) is 0 Å². The quantitative estimate of drug-likeness (QED) is 0.684. The van der Waals surface area contributed by atoms with Crippen molar-refractivity contribution in [3.05, 3.63) is 59.0 Å². The highest BCUT2D eigenvalue weighted by atomic mass is 35.5. The first kappa shape index (κ1) is 17.1. The van der Waals surface area contributed by atoms with Crippen molar-refractivity contribution in [2.24, 2.45) is 0 Å². The van der Waals surface area contributed by atoms with Gasteiger partial charge in [0.15, 0.2) is 5.82 Å². The first-order chi connectivity index (χ1) is 12.7. The third-order valence-electron chi connectivity index (χ3n) is 4.41. The first-order valence-electron chi connectivity index (χ1n) is 8.49. The minimum absolute atomic E-state index is 0.579. The van der Waals surface area contributed by atoms with Gasteiger partial charge in [-0.3, -0.25) is 0 Å². The van der Waals surface area contributed by atoms with Gasteiger partial charge in [0, 0.05) is 56.5 Å². The fourth-order valence-electron chi connectivity index (χ4n) is 3.08. The van der Waals surface area contributed by atoms with E-state index in [9.17, 15) is 0 Å². The topological polar surface area (TPSA) is 50.1 Å². The lowest BCUT2D eigenvalue weighted by Gasteiger charge is -2.24. The number of halogens is 2. The van der Waals surface area contributed by atoms with Crippen molar-refractivity contribution in [3.63, 3.8) is 0 Å². The summed E-state index contributed by atoms with van der Waals surface area (Å²) in [7, 11) is 0. The molecule has 3 aromatic rings. The van der Waals surface area contributed by atoms with E-state index >= 15 is 0 Å². The van der Waals surface area contributed by atoms with E-state index in [0.29, 0.717) is 10.0 Å². The highest BCUT2D eigenvalue weighted by Crippen LogP contribution is 2.28. The molecule has 1 fully saturated rings. The normalized spacial score (nSPS) is 15.2. The molecule has 1 saturated heterocycles. The fraction of sp³-hybridized carbons (Fsp3) is 0.278.